The number of benzene rings is 1. The van der Waals surface area contributed by atoms with Crippen LogP contribution in [-0.4, -0.2) is 37.3 Å². The van der Waals surface area contributed by atoms with Gasteiger partial charge in [-0.25, -0.2) is 0 Å². The van der Waals surface area contributed by atoms with Crippen molar-refractivity contribution in [2.24, 2.45) is 4.99 Å². The summed E-state index contributed by atoms with van der Waals surface area (Å²) < 4.78 is 36.4. The van der Waals surface area contributed by atoms with Gasteiger partial charge in [0, 0.05) is 0 Å². The van der Waals surface area contributed by atoms with Crippen molar-refractivity contribution in [3.63, 3.8) is 0 Å². The molecule has 0 heterocycles. The zero-order valence-corrected chi connectivity index (χ0v) is 23.0. The molecular weight excluding hydrogens is 437 g/mol. The molecule has 1 rings (SSSR count). The van der Waals surface area contributed by atoms with Crippen LogP contribution in [-0.2, 0) is 16.5 Å². The molecule has 1 aromatic carbocycles. The molecule has 6 nitrogen and oxygen atoms in total. The number of ether oxygens (including phenoxy) is 1. The maximum absolute atomic E-state index is 12.5. The van der Waals surface area contributed by atoms with Crippen molar-refractivity contribution in [2.45, 2.75) is 97.0 Å². The van der Waals surface area contributed by atoms with Crippen molar-refractivity contribution in [3.05, 3.63) is 29.8 Å². The number of aliphatic imine (C=N–C) groups is 1. The molecule has 0 aliphatic rings. The first kappa shape index (κ1) is 31.4. The normalized spacial score (nSPS) is 12.9. The van der Waals surface area contributed by atoms with Gasteiger partial charge in [-0.05, 0) is 42.9 Å². The van der Waals surface area contributed by atoms with E-state index < -0.39 is 27.9 Å². The summed E-state index contributed by atoms with van der Waals surface area (Å²) in [6.45, 7) is 4.04. The molecule has 0 fully saturated rings. The predicted octanol–water partition coefficient (Wildman–Crippen LogP) is 1.96. The van der Waals surface area contributed by atoms with Gasteiger partial charge < -0.3 is 14.8 Å². The summed E-state index contributed by atoms with van der Waals surface area (Å²) in [4.78, 5) is 3.80. The van der Waals surface area contributed by atoms with E-state index in [-0.39, 0.29) is 36.1 Å². The minimum atomic E-state index is -4.14. The number of unbranched alkanes of at least 4 members (excludes halogenated alkanes) is 9. The summed E-state index contributed by atoms with van der Waals surface area (Å²) in [6.07, 6.45) is 12.8. The van der Waals surface area contributed by atoms with E-state index in [0.717, 1.165) is 25.7 Å². The van der Waals surface area contributed by atoms with Gasteiger partial charge in [0.25, 0.3) is 10.1 Å². The van der Waals surface area contributed by atoms with Crippen molar-refractivity contribution in [3.8, 4) is 5.75 Å². The summed E-state index contributed by atoms with van der Waals surface area (Å²) >= 11 is 0. The maximum atomic E-state index is 12.5. The van der Waals surface area contributed by atoms with Gasteiger partial charge in [0.1, 0.15) is 11.9 Å². The SMILES string of the molecule is CCCCCCCCCCCCC(Oc1ccc(CC)cc1)C([O-])=NCCS(=O)(=O)O.[Na+]. The Hall–Kier alpha value is -0.600. The second kappa shape index (κ2) is 18.8. The van der Waals surface area contributed by atoms with E-state index in [0.29, 0.717) is 12.2 Å². The van der Waals surface area contributed by atoms with Crippen molar-refractivity contribution in [1.82, 2.24) is 0 Å². The van der Waals surface area contributed by atoms with Crippen LogP contribution in [0.15, 0.2) is 29.3 Å². The third-order valence-corrected chi connectivity index (χ3v) is 6.02. The molecule has 0 amide bonds. The quantitative estimate of drug-likeness (QED) is 0.115. The number of hydrogen-bond donors (Lipinski definition) is 1. The monoisotopic (exact) mass is 477 g/mol. The van der Waals surface area contributed by atoms with Gasteiger partial charge in [-0.2, -0.15) is 8.42 Å². The first-order valence-corrected chi connectivity index (χ1v) is 13.4. The van der Waals surface area contributed by atoms with Crippen LogP contribution >= 0.6 is 0 Å². The number of aryl methyl sites for hydroxylation is 1. The van der Waals surface area contributed by atoms with Crippen molar-refractivity contribution < 1.29 is 52.4 Å². The molecule has 0 aliphatic carbocycles. The van der Waals surface area contributed by atoms with Crippen molar-refractivity contribution in [1.29, 1.82) is 0 Å². The first-order chi connectivity index (χ1) is 14.9. The van der Waals surface area contributed by atoms with Gasteiger partial charge in [-0.1, -0.05) is 83.8 Å². The standard InChI is InChI=1S/C24H41NO5S.Na/c1-3-5-6-7-8-9-10-11-12-13-14-23(24(26)25-19-20-31(27,28)29)30-22-17-15-21(4-2)16-18-22;/h15-18,23H,3-14,19-20H2,1-2H3,(H,25,26)(H,27,28,29);/q;+1/p-1. The Balaban J connectivity index is 0.00000961. The molecule has 0 aromatic heterocycles. The van der Waals surface area contributed by atoms with Gasteiger partial charge in [-0.3, -0.25) is 4.55 Å². The summed E-state index contributed by atoms with van der Waals surface area (Å²) in [7, 11) is -4.14. The minimum absolute atomic E-state index is 0. The molecule has 0 saturated heterocycles. The number of hydrogen-bond acceptors (Lipinski definition) is 5. The minimum Gasteiger partial charge on any atom is -0.859 e. The van der Waals surface area contributed by atoms with Gasteiger partial charge in [0.15, 0.2) is 0 Å². The summed E-state index contributed by atoms with van der Waals surface area (Å²) in [5.41, 5.74) is 1.18. The fourth-order valence-electron chi connectivity index (χ4n) is 3.39. The number of nitrogens with zero attached hydrogens (tertiary/aromatic N) is 1. The van der Waals surface area contributed by atoms with E-state index in [1.807, 2.05) is 24.3 Å². The van der Waals surface area contributed by atoms with Crippen molar-refractivity contribution >= 4 is 16.0 Å². The molecule has 0 saturated carbocycles. The fourth-order valence-corrected chi connectivity index (χ4v) is 3.71. The molecule has 1 atom stereocenters. The Morgan fingerprint density at radius 3 is 2.00 bits per heavy atom. The van der Waals surface area contributed by atoms with E-state index in [1.165, 1.54) is 50.5 Å². The van der Waals surface area contributed by atoms with E-state index in [2.05, 4.69) is 18.8 Å². The van der Waals surface area contributed by atoms with E-state index in [1.54, 1.807) is 0 Å². The van der Waals surface area contributed by atoms with Crippen LogP contribution in [0.3, 0.4) is 0 Å². The van der Waals surface area contributed by atoms with Gasteiger partial charge >= 0.3 is 29.6 Å². The number of rotatable bonds is 18. The second-order valence-electron chi connectivity index (χ2n) is 8.08. The zero-order valence-electron chi connectivity index (χ0n) is 20.2. The average Bonchev–Trinajstić information content (AvgIpc) is 2.73. The van der Waals surface area contributed by atoms with Crippen LogP contribution in [0.2, 0.25) is 0 Å². The smallest absolute Gasteiger partial charge is 0.859 e. The summed E-state index contributed by atoms with van der Waals surface area (Å²) in [5.74, 6) is -0.429. The fraction of sp³-hybridized carbons (Fsp3) is 0.708. The Labute approximate surface area is 217 Å². The van der Waals surface area contributed by atoms with E-state index in [4.69, 9.17) is 9.29 Å². The molecule has 1 aromatic rings. The largest absolute Gasteiger partial charge is 1.00 e. The van der Waals surface area contributed by atoms with Crippen LogP contribution in [0.1, 0.15) is 90.0 Å². The summed E-state index contributed by atoms with van der Waals surface area (Å²) in [5, 5.41) is 12.5. The Morgan fingerprint density at radius 2 is 1.50 bits per heavy atom. The Bertz CT molecular complexity index is 722. The average molecular weight is 478 g/mol. The predicted molar refractivity (Wildman–Crippen MR) is 125 cm³/mol. The van der Waals surface area contributed by atoms with Crippen LogP contribution < -0.4 is 39.4 Å². The molecule has 178 valence electrons. The molecule has 1 unspecified atom stereocenters. The molecule has 0 radical (unpaired) electrons. The summed E-state index contributed by atoms with van der Waals surface area (Å²) in [6, 6.07) is 7.62. The third-order valence-electron chi connectivity index (χ3n) is 5.32. The van der Waals surface area contributed by atoms with Crippen LogP contribution in [0.4, 0.5) is 0 Å². The molecule has 0 spiro atoms. The molecule has 0 aliphatic heterocycles. The van der Waals surface area contributed by atoms with E-state index >= 15 is 0 Å². The Kier molecular flexibility index (Phi) is 18.4. The van der Waals surface area contributed by atoms with Gasteiger partial charge in [0.05, 0.1) is 12.3 Å². The zero-order chi connectivity index (χ0) is 23.0. The molecule has 1 N–H and O–H groups in total. The van der Waals surface area contributed by atoms with Crippen LogP contribution in [0, 0.1) is 0 Å². The van der Waals surface area contributed by atoms with E-state index in [9.17, 15) is 13.5 Å². The topological polar surface area (TPSA) is 99.0 Å². The molecule has 0 bridgehead atoms. The molecular formula is C24H40NNaO5S. The Morgan fingerprint density at radius 1 is 0.969 bits per heavy atom. The van der Waals surface area contributed by atoms with Gasteiger partial charge in [0.2, 0.25) is 0 Å². The van der Waals surface area contributed by atoms with Crippen molar-refractivity contribution in [2.75, 3.05) is 12.3 Å². The maximum Gasteiger partial charge on any atom is 1.00 e. The van der Waals surface area contributed by atoms with Gasteiger partial charge in [-0.15, -0.1) is 0 Å². The molecule has 8 heteroatoms. The van der Waals surface area contributed by atoms with Crippen LogP contribution in [0.25, 0.3) is 0 Å². The first-order valence-electron chi connectivity index (χ1n) is 11.8. The molecule has 32 heavy (non-hydrogen) atoms. The second-order valence-corrected chi connectivity index (χ2v) is 9.65. The van der Waals surface area contributed by atoms with Crippen LogP contribution in [0.5, 0.6) is 5.75 Å². The third kappa shape index (κ3) is 16.1.